The normalized spacial score (nSPS) is 15.4. The maximum atomic E-state index is 12.8. The fourth-order valence-corrected chi connectivity index (χ4v) is 4.51. The molecule has 1 N–H and O–H groups in total. The summed E-state index contributed by atoms with van der Waals surface area (Å²) in [6, 6.07) is 16.3. The molecular formula is C21H22IN3OS2. The van der Waals surface area contributed by atoms with Crippen LogP contribution in [0, 0.1) is 3.57 Å². The molecule has 28 heavy (non-hydrogen) atoms. The number of benzene rings is 2. The van der Waals surface area contributed by atoms with Crippen LogP contribution in [0.1, 0.15) is 19.4 Å². The zero-order valence-electron chi connectivity index (χ0n) is 15.8. The van der Waals surface area contributed by atoms with Gasteiger partial charge in [0.05, 0.1) is 11.6 Å². The van der Waals surface area contributed by atoms with Gasteiger partial charge in [-0.05, 0) is 84.5 Å². The first-order chi connectivity index (χ1) is 13.5. The lowest BCUT2D eigenvalue weighted by atomic mass is 10.1. The molecule has 7 heteroatoms. The Balaban J connectivity index is 1.67. The monoisotopic (exact) mass is 523 g/mol. The Labute approximate surface area is 189 Å². The molecule has 1 aliphatic heterocycles. The lowest BCUT2D eigenvalue weighted by Crippen LogP contribution is -2.33. The summed E-state index contributed by atoms with van der Waals surface area (Å²) in [5.41, 5.74) is 3.16. The van der Waals surface area contributed by atoms with Crippen molar-refractivity contribution in [2.24, 2.45) is 0 Å². The lowest BCUT2D eigenvalue weighted by molar-refractivity contribution is -0.121. The molecule has 146 valence electrons. The average molecular weight is 523 g/mol. The highest BCUT2D eigenvalue weighted by Gasteiger charge is 2.31. The first-order valence-corrected chi connectivity index (χ1v) is 11.4. The van der Waals surface area contributed by atoms with Crippen molar-refractivity contribution in [2.75, 3.05) is 30.0 Å². The second-order valence-corrected chi connectivity index (χ2v) is 9.14. The summed E-state index contributed by atoms with van der Waals surface area (Å²) < 4.78 is 1.75. The van der Waals surface area contributed by atoms with Gasteiger partial charge in [0.1, 0.15) is 4.32 Å². The Hall–Kier alpha value is -1.58. The van der Waals surface area contributed by atoms with Crippen LogP contribution in [0.5, 0.6) is 0 Å². The molecule has 0 spiro atoms. The van der Waals surface area contributed by atoms with Crippen LogP contribution in [0.25, 0.3) is 6.08 Å². The maximum absolute atomic E-state index is 12.8. The minimum atomic E-state index is -0.0548. The van der Waals surface area contributed by atoms with Gasteiger partial charge in [-0.25, -0.2) is 0 Å². The number of hydrogen-bond acceptors (Lipinski definition) is 5. The van der Waals surface area contributed by atoms with Crippen LogP contribution in [0.15, 0.2) is 53.4 Å². The van der Waals surface area contributed by atoms with Gasteiger partial charge in [0, 0.05) is 28.0 Å². The minimum Gasteiger partial charge on any atom is -0.372 e. The van der Waals surface area contributed by atoms with Crippen LogP contribution in [-0.4, -0.2) is 34.9 Å². The second kappa shape index (κ2) is 9.76. The molecule has 1 aliphatic rings. The lowest BCUT2D eigenvalue weighted by Gasteiger charge is -2.20. The number of nitrogens with one attached hydrogen (secondary N) is 1. The van der Waals surface area contributed by atoms with E-state index in [1.54, 1.807) is 4.90 Å². The van der Waals surface area contributed by atoms with Gasteiger partial charge in [0.25, 0.3) is 5.91 Å². The molecule has 0 aromatic heterocycles. The van der Waals surface area contributed by atoms with E-state index >= 15 is 0 Å². The zero-order chi connectivity index (χ0) is 20.1. The molecule has 1 heterocycles. The van der Waals surface area contributed by atoms with Crippen molar-refractivity contribution in [3.05, 3.63) is 62.6 Å². The molecule has 1 amide bonds. The van der Waals surface area contributed by atoms with E-state index in [1.807, 2.05) is 42.5 Å². The Morgan fingerprint density at radius 2 is 1.75 bits per heavy atom. The van der Waals surface area contributed by atoms with Crippen LogP contribution in [0.2, 0.25) is 0 Å². The number of thioether (sulfide) groups is 1. The summed E-state index contributed by atoms with van der Waals surface area (Å²) in [6.45, 7) is 6.60. The molecule has 0 bridgehead atoms. The Morgan fingerprint density at radius 3 is 2.36 bits per heavy atom. The molecule has 2 aromatic carbocycles. The third kappa shape index (κ3) is 5.07. The van der Waals surface area contributed by atoms with Crippen LogP contribution in [-0.2, 0) is 4.79 Å². The molecule has 3 rings (SSSR count). The molecule has 0 radical (unpaired) electrons. The van der Waals surface area contributed by atoms with Crippen molar-refractivity contribution >= 4 is 74.2 Å². The van der Waals surface area contributed by atoms with Crippen LogP contribution in [0.4, 0.5) is 11.4 Å². The summed E-state index contributed by atoms with van der Waals surface area (Å²) in [5.74, 6) is -0.0548. The van der Waals surface area contributed by atoms with E-state index in [0.29, 0.717) is 15.9 Å². The maximum Gasteiger partial charge on any atom is 0.267 e. The number of carbonyl (C=O) groups excluding carboxylic acids is 1. The number of hydrogen-bond donors (Lipinski definition) is 1. The van der Waals surface area contributed by atoms with Crippen molar-refractivity contribution in [3.63, 3.8) is 0 Å². The van der Waals surface area contributed by atoms with Gasteiger partial charge in [-0.15, -0.1) is 0 Å². The van der Waals surface area contributed by atoms with Crippen molar-refractivity contribution in [3.8, 4) is 0 Å². The topological polar surface area (TPSA) is 35.6 Å². The number of anilines is 2. The SMILES string of the molecule is CCN(CC)c1ccc(/C=C2/SC(=S)N(CNc3ccc(I)cc3)C2=O)cc1. The molecule has 2 aromatic rings. The number of carbonyl (C=O) groups is 1. The molecule has 0 saturated carbocycles. The average Bonchev–Trinajstić information content (AvgIpc) is 2.96. The van der Waals surface area contributed by atoms with E-state index in [-0.39, 0.29) is 5.91 Å². The highest BCUT2D eigenvalue weighted by molar-refractivity contribution is 14.1. The molecule has 0 aliphatic carbocycles. The minimum absolute atomic E-state index is 0.0548. The van der Waals surface area contributed by atoms with Crippen LogP contribution in [0.3, 0.4) is 0 Å². The van der Waals surface area contributed by atoms with E-state index in [1.165, 1.54) is 21.0 Å². The quantitative estimate of drug-likeness (QED) is 0.299. The van der Waals surface area contributed by atoms with Crippen LogP contribution < -0.4 is 10.2 Å². The summed E-state index contributed by atoms with van der Waals surface area (Å²) in [7, 11) is 0. The molecule has 1 saturated heterocycles. The van der Waals surface area contributed by atoms with Crippen molar-refractivity contribution < 1.29 is 4.79 Å². The first kappa shape index (κ1) is 21.1. The van der Waals surface area contributed by atoms with E-state index in [4.69, 9.17) is 12.2 Å². The zero-order valence-corrected chi connectivity index (χ0v) is 19.6. The predicted octanol–water partition coefficient (Wildman–Crippen LogP) is 5.41. The van der Waals surface area contributed by atoms with Gasteiger partial charge in [0.2, 0.25) is 0 Å². The smallest absolute Gasteiger partial charge is 0.267 e. The molecule has 4 nitrogen and oxygen atoms in total. The van der Waals surface area contributed by atoms with Crippen molar-refractivity contribution in [1.82, 2.24) is 4.90 Å². The van der Waals surface area contributed by atoms with Gasteiger partial charge in [-0.3, -0.25) is 9.69 Å². The summed E-state index contributed by atoms with van der Waals surface area (Å²) in [6.07, 6.45) is 1.91. The Bertz CT molecular complexity index is 878. The van der Waals surface area contributed by atoms with Crippen molar-refractivity contribution in [1.29, 1.82) is 0 Å². The summed E-state index contributed by atoms with van der Waals surface area (Å²) in [4.78, 5) is 17.3. The fourth-order valence-electron chi connectivity index (χ4n) is 2.90. The molecule has 0 unspecified atom stereocenters. The molecule has 1 fully saturated rings. The second-order valence-electron chi connectivity index (χ2n) is 6.22. The number of halogens is 1. The van der Waals surface area contributed by atoms with Gasteiger partial charge in [-0.2, -0.15) is 0 Å². The van der Waals surface area contributed by atoms with Gasteiger partial charge >= 0.3 is 0 Å². The summed E-state index contributed by atoms with van der Waals surface area (Å²) >= 11 is 9.03. The van der Waals surface area contributed by atoms with Gasteiger partial charge in [0.15, 0.2) is 0 Å². The number of rotatable bonds is 7. The number of amides is 1. The third-order valence-corrected chi connectivity index (χ3v) is 6.58. The summed E-state index contributed by atoms with van der Waals surface area (Å²) in [5, 5.41) is 3.26. The molecular weight excluding hydrogens is 501 g/mol. The Kier molecular flexibility index (Phi) is 7.36. The van der Waals surface area contributed by atoms with Gasteiger partial charge in [-0.1, -0.05) is 36.1 Å². The predicted molar refractivity (Wildman–Crippen MR) is 133 cm³/mol. The Morgan fingerprint density at radius 1 is 1.11 bits per heavy atom. The van der Waals surface area contributed by atoms with E-state index in [0.717, 1.165) is 24.3 Å². The largest absolute Gasteiger partial charge is 0.372 e. The highest BCUT2D eigenvalue weighted by Crippen LogP contribution is 2.32. The van der Waals surface area contributed by atoms with E-state index in [2.05, 4.69) is 58.8 Å². The highest BCUT2D eigenvalue weighted by atomic mass is 127. The number of thiocarbonyl (C=S) groups is 1. The standard InChI is InChI=1S/C21H22IN3OS2/c1-3-24(4-2)18-11-5-15(6-12-18)13-19-20(26)25(21(27)28-19)14-23-17-9-7-16(22)8-10-17/h5-13,23H,3-4,14H2,1-2H3/b19-13+. The molecule has 0 atom stereocenters. The third-order valence-electron chi connectivity index (χ3n) is 4.48. The first-order valence-electron chi connectivity index (χ1n) is 9.11. The van der Waals surface area contributed by atoms with Crippen LogP contribution >= 0.6 is 46.6 Å². The van der Waals surface area contributed by atoms with E-state index in [9.17, 15) is 4.79 Å². The fraction of sp³-hybridized carbons (Fsp3) is 0.238. The van der Waals surface area contributed by atoms with Gasteiger partial charge < -0.3 is 10.2 Å². The van der Waals surface area contributed by atoms with Crippen molar-refractivity contribution in [2.45, 2.75) is 13.8 Å². The number of nitrogens with zero attached hydrogens (tertiary/aromatic N) is 2. The van der Waals surface area contributed by atoms with E-state index < -0.39 is 0 Å².